The Morgan fingerprint density at radius 3 is 2.43 bits per heavy atom. The van der Waals surface area contributed by atoms with Crippen LogP contribution in [0.15, 0.2) is 47.6 Å². The van der Waals surface area contributed by atoms with Gasteiger partial charge in [0.2, 0.25) is 5.91 Å². The standard InChI is InChI=1S/C26H32F2N4O2S/c1-7-23(25(33)29-21-13-12-18(27)14-20(21)28)35-26-31-30-24(32(26)16(4)5)17(6)34-22-11-9-8-10-19(22)15(2)3/h8-17,23H,7H2,1-6H3,(H,29,33). The van der Waals surface area contributed by atoms with Crippen molar-refractivity contribution in [1.29, 1.82) is 0 Å². The van der Waals surface area contributed by atoms with Crippen molar-refractivity contribution in [3.8, 4) is 5.75 Å². The Kier molecular flexibility index (Phi) is 8.88. The van der Waals surface area contributed by atoms with Crippen LogP contribution in [0.3, 0.4) is 0 Å². The van der Waals surface area contributed by atoms with Crippen LogP contribution < -0.4 is 10.1 Å². The van der Waals surface area contributed by atoms with E-state index < -0.39 is 22.8 Å². The van der Waals surface area contributed by atoms with Crippen LogP contribution in [0.2, 0.25) is 0 Å². The summed E-state index contributed by atoms with van der Waals surface area (Å²) in [6.07, 6.45) is 0.106. The Bertz CT molecular complexity index is 1170. The van der Waals surface area contributed by atoms with Gasteiger partial charge in [-0.1, -0.05) is 50.7 Å². The van der Waals surface area contributed by atoms with Gasteiger partial charge in [0.15, 0.2) is 17.1 Å². The zero-order chi connectivity index (χ0) is 25.7. The zero-order valence-electron chi connectivity index (χ0n) is 20.9. The number of nitrogens with zero attached hydrogens (tertiary/aromatic N) is 3. The predicted molar refractivity (Wildman–Crippen MR) is 135 cm³/mol. The third kappa shape index (κ3) is 6.39. The molecule has 0 bridgehead atoms. The number of aromatic nitrogens is 3. The predicted octanol–water partition coefficient (Wildman–Crippen LogP) is 6.91. The molecule has 0 radical (unpaired) electrons. The molecule has 1 aromatic heterocycles. The molecule has 2 aromatic carbocycles. The Hall–Kier alpha value is -2.94. The maximum absolute atomic E-state index is 14.0. The fourth-order valence-electron chi connectivity index (χ4n) is 3.69. The third-order valence-electron chi connectivity index (χ3n) is 5.52. The molecule has 9 heteroatoms. The lowest BCUT2D eigenvalue weighted by Gasteiger charge is -2.22. The third-order valence-corrected chi connectivity index (χ3v) is 6.84. The second-order valence-electron chi connectivity index (χ2n) is 8.89. The molecule has 1 N–H and O–H groups in total. The van der Waals surface area contributed by atoms with Gasteiger partial charge in [0, 0.05) is 12.1 Å². The van der Waals surface area contributed by atoms with Crippen LogP contribution in [0.1, 0.15) is 77.4 Å². The number of ether oxygens (including phenoxy) is 1. The normalized spacial score (nSPS) is 13.2. The molecule has 0 aliphatic heterocycles. The lowest BCUT2D eigenvalue weighted by atomic mass is 10.0. The lowest BCUT2D eigenvalue weighted by Crippen LogP contribution is -2.26. The molecule has 3 aromatic rings. The highest BCUT2D eigenvalue weighted by Crippen LogP contribution is 2.33. The second kappa shape index (κ2) is 11.7. The van der Waals surface area contributed by atoms with Gasteiger partial charge in [-0.15, -0.1) is 10.2 Å². The van der Waals surface area contributed by atoms with Crippen molar-refractivity contribution in [2.45, 2.75) is 76.4 Å². The Morgan fingerprint density at radius 1 is 1.09 bits per heavy atom. The van der Waals surface area contributed by atoms with E-state index >= 15 is 0 Å². The van der Waals surface area contributed by atoms with Crippen molar-refractivity contribution >= 4 is 23.4 Å². The van der Waals surface area contributed by atoms with Crippen LogP contribution in [0.4, 0.5) is 14.5 Å². The molecule has 0 spiro atoms. The van der Waals surface area contributed by atoms with Crippen molar-refractivity contribution in [1.82, 2.24) is 14.8 Å². The first-order valence-electron chi connectivity index (χ1n) is 11.7. The number of halogens is 2. The molecule has 3 rings (SSSR count). The zero-order valence-corrected chi connectivity index (χ0v) is 21.7. The van der Waals surface area contributed by atoms with Crippen molar-refractivity contribution in [2.75, 3.05) is 5.32 Å². The molecular weight excluding hydrogens is 470 g/mol. The van der Waals surface area contributed by atoms with Crippen LogP contribution in [0.25, 0.3) is 0 Å². The average molecular weight is 503 g/mol. The van der Waals surface area contributed by atoms with Gasteiger partial charge in [-0.3, -0.25) is 4.79 Å². The van der Waals surface area contributed by atoms with E-state index in [9.17, 15) is 13.6 Å². The summed E-state index contributed by atoms with van der Waals surface area (Å²) in [6, 6.07) is 11.0. The number of para-hydroxylation sites is 1. The van der Waals surface area contributed by atoms with E-state index in [1.165, 1.54) is 17.8 Å². The molecule has 1 amide bonds. The van der Waals surface area contributed by atoms with Gasteiger partial charge in [0.1, 0.15) is 17.4 Å². The van der Waals surface area contributed by atoms with Crippen molar-refractivity contribution in [2.24, 2.45) is 0 Å². The van der Waals surface area contributed by atoms with Crippen LogP contribution >= 0.6 is 11.8 Å². The van der Waals surface area contributed by atoms with E-state index in [4.69, 9.17) is 4.74 Å². The molecule has 0 saturated heterocycles. The maximum Gasteiger partial charge on any atom is 0.238 e. The highest BCUT2D eigenvalue weighted by atomic mass is 32.2. The molecule has 1 heterocycles. The molecule has 6 nitrogen and oxygen atoms in total. The van der Waals surface area contributed by atoms with Gasteiger partial charge in [-0.2, -0.15) is 0 Å². The summed E-state index contributed by atoms with van der Waals surface area (Å²) in [7, 11) is 0. The second-order valence-corrected chi connectivity index (χ2v) is 10.1. The van der Waals surface area contributed by atoms with Gasteiger partial charge in [-0.25, -0.2) is 8.78 Å². The van der Waals surface area contributed by atoms with Gasteiger partial charge >= 0.3 is 0 Å². The Labute approximate surface area is 209 Å². The fourth-order valence-corrected chi connectivity index (χ4v) is 4.79. The van der Waals surface area contributed by atoms with Gasteiger partial charge < -0.3 is 14.6 Å². The summed E-state index contributed by atoms with van der Waals surface area (Å²) in [5.41, 5.74) is 1.05. The van der Waals surface area contributed by atoms with Crippen molar-refractivity contribution in [3.05, 3.63) is 65.5 Å². The minimum atomic E-state index is -0.821. The molecule has 0 fully saturated rings. The molecular formula is C26H32F2N4O2S. The first kappa shape index (κ1) is 26.7. The molecule has 0 aliphatic rings. The van der Waals surface area contributed by atoms with Crippen molar-refractivity contribution < 1.29 is 18.3 Å². The van der Waals surface area contributed by atoms with E-state index in [0.717, 1.165) is 23.4 Å². The number of thioether (sulfide) groups is 1. The largest absolute Gasteiger partial charge is 0.482 e. The van der Waals surface area contributed by atoms with Crippen molar-refractivity contribution in [3.63, 3.8) is 0 Å². The minimum Gasteiger partial charge on any atom is -0.482 e. The monoisotopic (exact) mass is 502 g/mol. The smallest absolute Gasteiger partial charge is 0.238 e. The number of nitrogens with one attached hydrogen (secondary N) is 1. The number of anilines is 1. The lowest BCUT2D eigenvalue weighted by molar-refractivity contribution is -0.115. The fraction of sp³-hybridized carbons (Fsp3) is 0.423. The summed E-state index contributed by atoms with van der Waals surface area (Å²) in [5, 5.41) is 11.3. The van der Waals surface area contributed by atoms with E-state index in [2.05, 4.69) is 35.4 Å². The van der Waals surface area contributed by atoms with Gasteiger partial charge in [0.05, 0.1) is 10.9 Å². The number of carbonyl (C=O) groups is 1. The summed E-state index contributed by atoms with van der Waals surface area (Å²) in [5.74, 6) is -0.152. The van der Waals surface area contributed by atoms with Crippen LogP contribution in [0.5, 0.6) is 5.75 Å². The van der Waals surface area contributed by atoms with Gasteiger partial charge in [-0.05, 0) is 56.9 Å². The Morgan fingerprint density at radius 2 is 1.80 bits per heavy atom. The molecule has 188 valence electrons. The minimum absolute atomic E-state index is 0.0176. The van der Waals surface area contributed by atoms with E-state index in [0.29, 0.717) is 23.3 Å². The summed E-state index contributed by atoms with van der Waals surface area (Å²) < 4.78 is 35.5. The molecule has 0 aliphatic carbocycles. The molecule has 35 heavy (non-hydrogen) atoms. The SMILES string of the molecule is CCC(Sc1nnc(C(C)Oc2ccccc2C(C)C)n1C(C)C)C(=O)Nc1ccc(F)cc1F. The summed E-state index contributed by atoms with van der Waals surface area (Å²) in [4.78, 5) is 12.9. The van der Waals surface area contributed by atoms with E-state index in [1.807, 2.05) is 50.5 Å². The Balaban J connectivity index is 1.81. The highest BCUT2D eigenvalue weighted by Gasteiger charge is 2.27. The highest BCUT2D eigenvalue weighted by molar-refractivity contribution is 8.00. The van der Waals surface area contributed by atoms with Crippen LogP contribution in [-0.2, 0) is 4.79 Å². The summed E-state index contributed by atoms with van der Waals surface area (Å²) >= 11 is 1.26. The number of rotatable bonds is 10. The topological polar surface area (TPSA) is 69.0 Å². The molecule has 2 unspecified atom stereocenters. The van der Waals surface area contributed by atoms with Gasteiger partial charge in [0.25, 0.3) is 0 Å². The van der Waals surface area contributed by atoms with E-state index in [1.54, 1.807) is 0 Å². The maximum atomic E-state index is 14.0. The first-order valence-corrected chi connectivity index (χ1v) is 12.6. The quantitative estimate of drug-likeness (QED) is 0.305. The van der Waals surface area contributed by atoms with E-state index in [-0.39, 0.29) is 17.8 Å². The molecule has 0 saturated carbocycles. The average Bonchev–Trinajstić information content (AvgIpc) is 3.23. The number of hydrogen-bond acceptors (Lipinski definition) is 5. The first-order chi connectivity index (χ1) is 16.6. The molecule has 2 atom stereocenters. The number of amides is 1. The summed E-state index contributed by atoms with van der Waals surface area (Å²) in [6.45, 7) is 12.1. The van der Waals surface area contributed by atoms with Crippen LogP contribution in [-0.4, -0.2) is 25.9 Å². The number of carbonyl (C=O) groups excluding carboxylic acids is 1. The number of hydrogen-bond donors (Lipinski definition) is 1. The van der Waals surface area contributed by atoms with Crippen LogP contribution in [0, 0.1) is 11.6 Å². The number of benzene rings is 2.